The second-order valence-corrected chi connectivity index (χ2v) is 2.92. The van der Waals surface area contributed by atoms with E-state index >= 15 is 0 Å². The van der Waals surface area contributed by atoms with Crippen molar-refractivity contribution in [3.8, 4) is 0 Å². The summed E-state index contributed by atoms with van der Waals surface area (Å²) < 4.78 is 31.9. The van der Waals surface area contributed by atoms with Crippen molar-refractivity contribution in [2.75, 3.05) is 6.54 Å². The molecule has 0 atom stereocenters. The Labute approximate surface area is 58.4 Å². The average molecular weight is 220 g/mol. The van der Waals surface area contributed by atoms with E-state index in [4.69, 9.17) is 21.2 Å². The molecule has 0 heterocycles. The number of hydrogen-bond acceptors (Lipinski definition) is 4. The third-order valence-electron chi connectivity index (χ3n) is 0.175. The van der Waals surface area contributed by atoms with Crippen molar-refractivity contribution in [2.45, 2.75) is 0 Å². The third kappa shape index (κ3) is 145. The van der Waals surface area contributed by atoms with Gasteiger partial charge in [-0.25, -0.2) is 0 Å². The van der Waals surface area contributed by atoms with Crippen LogP contribution in [-0.4, -0.2) is 39.4 Å². The van der Waals surface area contributed by atoms with Crippen molar-refractivity contribution in [3.63, 3.8) is 0 Å². The van der Waals surface area contributed by atoms with Crippen molar-refractivity contribution < 1.29 is 25.9 Å². The van der Waals surface area contributed by atoms with E-state index in [1.165, 1.54) is 0 Å². The van der Waals surface area contributed by atoms with Crippen molar-refractivity contribution in [3.05, 3.63) is 0 Å². The zero-order valence-electron chi connectivity index (χ0n) is 4.76. The van der Waals surface area contributed by atoms with Crippen LogP contribution < -0.4 is 5.73 Å². The Morgan fingerprint density at radius 3 is 1.50 bits per heavy atom. The van der Waals surface area contributed by atoms with Gasteiger partial charge in [-0.05, 0) is 0 Å². The van der Waals surface area contributed by atoms with E-state index < -0.39 is 19.3 Å². The molecule has 0 aliphatic carbocycles. The quantitative estimate of drug-likeness (QED) is 0.352. The second kappa shape index (κ2) is 5.27. The maximum atomic E-state index is 9.24. The molecule has 0 bridgehead atoms. The molecule has 0 aromatic heterocycles. The van der Waals surface area contributed by atoms with Gasteiger partial charge in [-0.3, -0.25) is 4.79 Å². The van der Waals surface area contributed by atoms with Crippen LogP contribution in [0.2, 0.25) is 0 Å². The Morgan fingerprint density at radius 1 is 1.40 bits per heavy atom. The van der Waals surface area contributed by atoms with E-state index in [1.54, 1.807) is 0 Å². The van der Waals surface area contributed by atoms with Crippen LogP contribution in [0.4, 0.5) is 0 Å². The summed E-state index contributed by atoms with van der Waals surface area (Å²) in [5.41, 5.74) is 4.57. The van der Waals surface area contributed by atoms with Crippen LogP contribution in [0.1, 0.15) is 0 Å². The van der Waals surface area contributed by atoms with E-state index in [-0.39, 0.29) is 6.54 Å². The van der Waals surface area contributed by atoms with Gasteiger partial charge in [0.2, 0.25) is 0 Å². The summed E-state index contributed by atoms with van der Waals surface area (Å²) >= 11 is -5.25. The van der Waals surface area contributed by atoms with Gasteiger partial charge in [-0.1, -0.05) is 0 Å². The molecule has 0 aliphatic rings. The Bertz CT molecular complexity index is 174. The molecule has 0 unspecified atom stereocenters. The van der Waals surface area contributed by atoms with Crippen LogP contribution in [0.15, 0.2) is 0 Å². The molecular weight excluding hydrogens is 213 g/mol. The maximum absolute atomic E-state index is 9.24. The molecule has 5 N–H and O–H groups in total. The standard InChI is InChI=1S/C2H5NO2.H2O4Se/c3-1-2(4)5;1-5(2,3)4/h1,3H2,(H,4,5);(H2,1,2,3,4). The minimum atomic E-state index is -5.25. The number of hydrogen-bond donors (Lipinski definition) is 4. The van der Waals surface area contributed by atoms with Gasteiger partial charge < -0.3 is 10.8 Å². The molecule has 0 spiro atoms. The summed E-state index contributed by atoms with van der Waals surface area (Å²) in [6.45, 7) is -0.278. The first-order valence-corrected chi connectivity index (χ1v) is 4.82. The van der Waals surface area contributed by atoms with Gasteiger partial charge >= 0.3 is 35.4 Å². The molecule has 10 heavy (non-hydrogen) atoms. The Morgan fingerprint density at radius 2 is 1.50 bits per heavy atom. The SMILES string of the molecule is NCC(=O)O.O=[Se](=O)(O)O. The fourth-order valence-electron chi connectivity index (χ4n) is 0. The van der Waals surface area contributed by atoms with Gasteiger partial charge in [0.25, 0.3) is 0 Å². The summed E-state index contributed by atoms with van der Waals surface area (Å²) in [6.07, 6.45) is 0. The number of carbonyl (C=O) groups is 1. The van der Waals surface area contributed by atoms with Crippen molar-refractivity contribution in [2.24, 2.45) is 5.73 Å². The molecule has 8 heteroatoms. The molecule has 0 saturated heterocycles. The summed E-state index contributed by atoms with van der Waals surface area (Å²) in [5, 5.41) is 7.60. The summed E-state index contributed by atoms with van der Waals surface area (Å²) in [4.78, 5) is 9.24. The van der Waals surface area contributed by atoms with Crippen LogP contribution in [0, 0.1) is 0 Å². The number of carboxylic acid groups (broad SMARTS) is 1. The molecule has 0 radical (unpaired) electrons. The molecule has 0 rings (SSSR count). The molecule has 0 aromatic carbocycles. The van der Waals surface area contributed by atoms with E-state index in [2.05, 4.69) is 5.73 Å². The predicted molar refractivity (Wildman–Crippen MR) is 28.3 cm³/mol. The van der Waals surface area contributed by atoms with E-state index in [9.17, 15) is 4.79 Å². The first-order chi connectivity index (χ1) is 4.27. The molecule has 62 valence electrons. The Balaban J connectivity index is 0. The van der Waals surface area contributed by atoms with Crippen LogP contribution >= 0.6 is 0 Å². The number of carboxylic acids is 1. The molecule has 0 aromatic rings. The van der Waals surface area contributed by atoms with Crippen LogP contribution in [0.3, 0.4) is 0 Å². The van der Waals surface area contributed by atoms with Gasteiger partial charge in [0.1, 0.15) is 0 Å². The normalized spacial score (nSPS) is 9.50. The van der Waals surface area contributed by atoms with E-state index in [0.717, 1.165) is 0 Å². The van der Waals surface area contributed by atoms with Gasteiger partial charge in [0.15, 0.2) is 0 Å². The van der Waals surface area contributed by atoms with Gasteiger partial charge in [0, 0.05) is 0 Å². The minimum absolute atomic E-state index is 0.278. The first kappa shape index (κ1) is 12.2. The number of rotatable bonds is 1. The van der Waals surface area contributed by atoms with Crippen molar-refractivity contribution >= 4 is 19.3 Å². The van der Waals surface area contributed by atoms with Gasteiger partial charge in [0.05, 0.1) is 6.54 Å². The monoisotopic (exact) mass is 221 g/mol. The average Bonchev–Trinajstić information content (AvgIpc) is 1.61. The fourth-order valence-corrected chi connectivity index (χ4v) is 0. The van der Waals surface area contributed by atoms with E-state index in [1.807, 2.05) is 0 Å². The summed E-state index contributed by atoms with van der Waals surface area (Å²) in [7, 11) is 0. The summed E-state index contributed by atoms with van der Waals surface area (Å²) in [5.74, 6) is -0.968. The van der Waals surface area contributed by atoms with Crippen LogP contribution in [0.5, 0.6) is 0 Å². The Hall–Kier alpha value is -0.531. The first-order valence-electron chi connectivity index (χ1n) is 1.89. The number of aliphatic carboxylic acids is 1. The second-order valence-electron chi connectivity index (χ2n) is 1.05. The molecule has 7 nitrogen and oxygen atoms in total. The zero-order valence-corrected chi connectivity index (χ0v) is 6.47. The topological polar surface area (TPSA) is 138 Å². The van der Waals surface area contributed by atoms with Crippen molar-refractivity contribution in [1.29, 1.82) is 0 Å². The van der Waals surface area contributed by atoms with Crippen molar-refractivity contribution in [1.82, 2.24) is 0 Å². The van der Waals surface area contributed by atoms with Crippen LogP contribution in [0.25, 0.3) is 0 Å². The predicted octanol–water partition coefficient (Wildman–Crippen LogP) is -2.70. The van der Waals surface area contributed by atoms with Crippen LogP contribution in [-0.2, 0) is 12.5 Å². The third-order valence-corrected chi connectivity index (χ3v) is 0.175. The summed E-state index contributed by atoms with van der Waals surface area (Å²) in [6, 6.07) is 0. The molecule has 0 saturated carbocycles. The zero-order chi connectivity index (χ0) is 8.78. The van der Waals surface area contributed by atoms with E-state index in [0.29, 0.717) is 0 Å². The molecule has 0 aliphatic heterocycles. The van der Waals surface area contributed by atoms with Gasteiger partial charge in [-0.2, -0.15) is 0 Å². The molecule has 0 amide bonds. The molecular formula is C2H7NO6Se. The molecule has 0 fully saturated rings. The number of nitrogens with two attached hydrogens (primary N) is 1. The van der Waals surface area contributed by atoms with Gasteiger partial charge in [-0.15, -0.1) is 0 Å². The Kier molecular flexibility index (Phi) is 6.42. The fraction of sp³-hybridized carbons (Fsp3) is 0.500.